The SMILES string of the molecule is CCOC(=O)c1c(F)cc(N)cc1Br. The van der Waals surface area contributed by atoms with Crippen molar-refractivity contribution in [2.45, 2.75) is 6.92 Å². The molecule has 1 aromatic carbocycles. The van der Waals surface area contributed by atoms with Gasteiger partial charge in [-0.1, -0.05) is 0 Å². The summed E-state index contributed by atoms with van der Waals surface area (Å²) in [4.78, 5) is 11.3. The zero-order chi connectivity index (χ0) is 10.7. The van der Waals surface area contributed by atoms with Gasteiger partial charge in [0.05, 0.1) is 6.61 Å². The third kappa shape index (κ3) is 2.23. The first-order valence-corrected chi connectivity index (χ1v) is 4.77. The van der Waals surface area contributed by atoms with Crippen LogP contribution in [0.1, 0.15) is 17.3 Å². The molecular formula is C9H9BrFNO2. The Morgan fingerprint density at radius 3 is 2.79 bits per heavy atom. The van der Waals surface area contributed by atoms with Crippen LogP contribution in [-0.4, -0.2) is 12.6 Å². The van der Waals surface area contributed by atoms with E-state index >= 15 is 0 Å². The largest absolute Gasteiger partial charge is 0.462 e. The van der Waals surface area contributed by atoms with Gasteiger partial charge in [-0.2, -0.15) is 0 Å². The fourth-order valence-electron chi connectivity index (χ4n) is 0.991. The summed E-state index contributed by atoms with van der Waals surface area (Å²) in [5, 5.41) is 0. The summed E-state index contributed by atoms with van der Waals surface area (Å²) in [6.07, 6.45) is 0. The van der Waals surface area contributed by atoms with Crippen LogP contribution in [0.3, 0.4) is 0 Å². The van der Waals surface area contributed by atoms with E-state index in [1.54, 1.807) is 6.92 Å². The maximum atomic E-state index is 13.3. The highest BCUT2D eigenvalue weighted by molar-refractivity contribution is 9.10. The molecule has 3 nitrogen and oxygen atoms in total. The Labute approximate surface area is 89.2 Å². The standard InChI is InChI=1S/C9H9BrFNO2/c1-2-14-9(13)8-6(10)3-5(12)4-7(8)11/h3-4H,2,12H2,1H3. The highest BCUT2D eigenvalue weighted by atomic mass is 79.9. The van der Waals surface area contributed by atoms with Crippen molar-refractivity contribution in [2.75, 3.05) is 12.3 Å². The van der Waals surface area contributed by atoms with Gasteiger partial charge in [0.15, 0.2) is 0 Å². The van der Waals surface area contributed by atoms with E-state index in [1.165, 1.54) is 6.07 Å². The number of hydrogen-bond acceptors (Lipinski definition) is 3. The number of anilines is 1. The number of rotatable bonds is 2. The maximum absolute atomic E-state index is 13.3. The number of nitrogens with two attached hydrogens (primary N) is 1. The Bertz CT molecular complexity index is 345. The van der Waals surface area contributed by atoms with Crippen LogP contribution in [0.15, 0.2) is 16.6 Å². The van der Waals surface area contributed by atoms with E-state index in [2.05, 4.69) is 20.7 Å². The van der Waals surface area contributed by atoms with Gasteiger partial charge in [0.1, 0.15) is 11.4 Å². The van der Waals surface area contributed by atoms with Crippen molar-refractivity contribution >= 4 is 27.6 Å². The minimum absolute atomic E-state index is 0.124. The predicted molar refractivity (Wildman–Crippen MR) is 54.5 cm³/mol. The second kappa shape index (κ2) is 4.41. The van der Waals surface area contributed by atoms with Crippen molar-refractivity contribution < 1.29 is 13.9 Å². The second-order valence-electron chi connectivity index (χ2n) is 2.58. The Morgan fingerprint density at radius 1 is 1.64 bits per heavy atom. The van der Waals surface area contributed by atoms with E-state index in [0.29, 0.717) is 4.47 Å². The number of carbonyl (C=O) groups excluding carboxylic acids is 1. The van der Waals surface area contributed by atoms with Gasteiger partial charge >= 0.3 is 5.97 Å². The van der Waals surface area contributed by atoms with Gasteiger partial charge in [0, 0.05) is 10.2 Å². The van der Waals surface area contributed by atoms with Crippen molar-refractivity contribution in [1.82, 2.24) is 0 Å². The molecule has 0 spiro atoms. The van der Waals surface area contributed by atoms with Crippen molar-refractivity contribution in [3.05, 3.63) is 28.0 Å². The molecule has 0 aromatic heterocycles. The van der Waals surface area contributed by atoms with Gasteiger partial charge in [-0.05, 0) is 35.0 Å². The number of halogens is 2. The molecule has 2 N–H and O–H groups in total. The Kier molecular flexibility index (Phi) is 3.46. The fourth-order valence-corrected chi connectivity index (χ4v) is 1.61. The summed E-state index contributed by atoms with van der Waals surface area (Å²) in [6.45, 7) is 1.86. The number of hydrogen-bond donors (Lipinski definition) is 1. The third-order valence-electron chi connectivity index (χ3n) is 1.54. The van der Waals surface area contributed by atoms with Crippen LogP contribution in [0.25, 0.3) is 0 Å². The quantitative estimate of drug-likeness (QED) is 0.657. The number of carbonyl (C=O) groups is 1. The highest BCUT2D eigenvalue weighted by Gasteiger charge is 2.17. The van der Waals surface area contributed by atoms with Crippen molar-refractivity contribution in [2.24, 2.45) is 0 Å². The molecule has 0 aliphatic carbocycles. The minimum Gasteiger partial charge on any atom is -0.462 e. The summed E-state index contributed by atoms with van der Waals surface area (Å²) in [7, 11) is 0. The van der Waals surface area contributed by atoms with Crippen LogP contribution in [-0.2, 0) is 4.74 Å². The van der Waals surface area contributed by atoms with Crippen LogP contribution in [0.5, 0.6) is 0 Å². The molecule has 0 radical (unpaired) electrons. The van der Waals surface area contributed by atoms with E-state index in [4.69, 9.17) is 5.73 Å². The van der Waals surface area contributed by atoms with Crippen molar-refractivity contribution in [3.8, 4) is 0 Å². The van der Waals surface area contributed by atoms with Gasteiger partial charge in [-0.15, -0.1) is 0 Å². The third-order valence-corrected chi connectivity index (χ3v) is 2.17. The normalized spacial score (nSPS) is 9.93. The van der Waals surface area contributed by atoms with Gasteiger partial charge in [0.2, 0.25) is 0 Å². The van der Waals surface area contributed by atoms with Crippen LogP contribution < -0.4 is 5.73 Å². The van der Waals surface area contributed by atoms with E-state index in [0.717, 1.165) is 6.07 Å². The maximum Gasteiger partial charge on any atom is 0.342 e. The van der Waals surface area contributed by atoms with Gasteiger partial charge in [-0.3, -0.25) is 0 Å². The molecule has 76 valence electrons. The van der Waals surface area contributed by atoms with E-state index < -0.39 is 11.8 Å². The number of nitrogen functional groups attached to an aromatic ring is 1. The lowest BCUT2D eigenvalue weighted by Gasteiger charge is -2.06. The first-order chi connectivity index (χ1) is 6.56. The number of benzene rings is 1. The number of ether oxygens (including phenoxy) is 1. The van der Waals surface area contributed by atoms with Crippen molar-refractivity contribution in [1.29, 1.82) is 0 Å². The summed E-state index contributed by atoms with van der Waals surface area (Å²) < 4.78 is 18.3. The molecule has 1 rings (SSSR count). The predicted octanol–water partition coefficient (Wildman–Crippen LogP) is 2.35. The van der Waals surface area contributed by atoms with Gasteiger partial charge in [-0.25, -0.2) is 9.18 Å². The molecule has 0 fully saturated rings. The van der Waals surface area contributed by atoms with Crippen LogP contribution in [0.4, 0.5) is 10.1 Å². The Balaban J connectivity index is 3.14. The highest BCUT2D eigenvalue weighted by Crippen LogP contribution is 2.24. The Morgan fingerprint density at radius 2 is 2.29 bits per heavy atom. The second-order valence-corrected chi connectivity index (χ2v) is 3.43. The molecule has 1 aromatic rings. The number of esters is 1. The average molecular weight is 262 g/mol. The lowest BCUT2D eigenvalue weighted by molar-refractivity contribution is 0.0520. The average Bonchev–Trinajstić information content (AvgIpc) is 2.01. The van der Waals surface area contributed by atoms with Crippen LogP contribution in [0, 0.1) is 5.82 Å². The van der Waals surface area contributed by atoms with E-state index in [9.17, 15) is 9.18 Å². The minimum atomic E-state index is -0.697. The molecule has 0 bridgehead atoms. The van der Waals surface area contributed by atoms with E-state index in [1.807, 2.05) is 0 Å². The summed E-state index contributed by atoms with van der Waals surface area (Å²) in [5.74, 6) is -1.38. The molecule has 0 aliphatic heterocycles. The first kappa shape index (κ1) is 11.0. The molecule has 14 heavy (non-hydrogen) atoms. The van der Waals surface area contributed by atoms with Crippen LogP contribution in [0.2, 0.25) is 0 Å². The molecular weight excluding hydrogens is 253 g/mol. The van der Waals surface area contributed by atoms with Gasteiger partial charge in [0.25, 0.3) is 0 Å². The van der Waals surface area contributed by atoms with Crippen molar-refractivity contribution in [3.63, 3.8) is 0 Å². The molecule has 0 amide bonds. The lowest BCUT2D eigenvalue weighted by Crippen LogP contribution is -2.08. The topological polar surface area (TPSA) is 52.3 Å². The zero-order valence-electron chi connectivity index (χ0n) is 7.51. The van der Waals surface area contributed by atoms with Gasteiger partial charge < -0.3 is 10.5 Å². The molecule has 0 heterocycles. The summed E-state index contributed by atoms with van der Waals surface area (Å²) >= 11 is 3.05. The molecule has 0 aliphatic rings. The molecule has 0 atom stereocenters. The molecule has 0 saturated carbocycles. The lowest BCUT2D eigenvalue weighted by atomic mass is 10.2. The Hall–Kier alpha value is -1.10. The summed E-state index contributed by atoms with van der Waals surface area (Å²) in [6, 6.07) is 2.53. The monoisotopic (exact) mass is 261 g/mol. The molecule has 5 heteroatoms. The summed E-state index contributed by atoms with van der Waals surface area (Å²) in [5.41, 5.74) is 5.51. The zero-order valence-corrected chi connectivity index (χ0v) is 9.10. The van der Waals surface area contributed by atoms with E-state index in [-0.39, 0.29) is 17.9 Å². The van der Waals surface area contributed by atoms with Crippen LogP contribution >= 0.6 is 15.9 Å². The molecule has 0 saturated heterocycles. The fraction of sp³-hybridized carbons (Fsp3) is 0.222. The molecule has 0 unspecified atom stereocenters. The first-order valence-electron chi connectivity index (χ1n) is 3.98. The smallest absolute Gasteiger partial charge is 0.342 e.